The van der Waals surface area contributed by atoms with Crippen LogP contribution >= 0.6 is 0 Å². The molecule has 0 radical (unpaired) electrons. The minimum atomic E-state index is -0.405. The molecule has 0 spiro atoms. The Morgan fingerprint density at radius 1 is 1.32 bits per heavy atom. The summed E-state index contributed by atoms with van der Waals surface area (Å²) in [6.45, 7) is 1.41. The molecular weight excluding hydrogens is 322 g/mol. The minimum absolute atomic E-state index is 0.0711. The van der Waals surface area contributed by atoms with E-state index in [1.165, 1.54) is 12.4 Å². The molecule has 8 nitrogen and oxygen atoms in total. The Labute approximate surface area is 145 Å². The van der Waals surface area contributed by atoms with Gasteiger partial charge in [0.15, 0.2) is 0 Å². The fraction of sp³-hybridized carbons (Fsp3) is 0.412. The van der Waals surface area contributed by atoms with E-state index in [9.17, 15) is 15.2 Å². The van der Waals surface area contributed by atoms with Crippen molar-refractivity contribution in [2.75, 3.05) is 23.4 Å². The van der Waals surface area contributed by atoms with Gasteiger partial charge in [-0.1, -0.05) is 12.1 Å². The van der Waals surface area contributed by atoms with E-state index < -0.39 is 4.92 Å². The molecule has 1 atom stereocenters. The summed E-state index contributed by atoms with van der Waals surface area (Å²) in [4.78, 5) is 21.1. The molecule has 0 amide bonds. The zero-order valence-corrected chi connectivity index (χ0v) is 13.8. The second-order valence-electron chi connectivity index (χ2n) is 6.07. The molecule has 1 aromatic carbocycles. The van der Waals surface area contributed by atoms with Gasteiger partial charge in [0.2, 0.25) is 0 Å². The van der Waals surface area contributed by atoms with Crippen molar-refractivity contribution in [3.8, 4) is 0 Å². The highest BCUT2D eigenvalue weighted by molar-refractivity contribution is 5.50. The second kappa shape index (κ2) is 7.89. The molecule has 1 aromatic heterocycles. The van der Waals surface area contributed by atoms with Gasteiger partial charge < -0.3 is 15.3 Å². The third-order valence-corrected chi connectivity index (χ3v) is 4.38. The first kappa shape index (κ1) is 17.1. The van der Waals surface area contributed by atoms with Crippen molar-refractivity contribution in [1.29, 1.82) is 0 Å². The molecule has 8 heteroatoms. The van der Waals surface area contributed by atoms with E-state index in [0.717, 1.165) is 37.2 Å². The maximum absolute atomic E-state index is 10.8. The summed E-state index contributed by atoms with van der Waals surface area (Å²) in [5.74, 6) is 1.44. The highest BCUT2D eigenvalue weighted by Gasteiger charge is 2.23. The van der Waals surface area contributed by atoms with E-state index in [0.29, 0.717) is 12.4 Å². The molecule has 1 saturated heterocycles. The van der Waals surface area contributed by atoms with Gasteiger partial charge in [-0.3, -0.25) is 10.1 Å². The highest BCUT2D eigenvalue weighted by Crippen LogP contribution is 2.24. The Balaban J connectivity index is 1.69. The lowest BCUT2D eigenvalue weighted by Crippen LogP contribution is -2.42. The fourth-order valence-electron chi connectivity index (χ4n) is 3.07. The van der Waals surface area contributed by atoms with Crippen molar-refractivity contribution in [2.45, 2.75) is 31.8 Å². The summed E-state index contributed by atoms with van der Waals surface area (Å²) in [5, 5.41) is 23.6. The van der Waals surface area contributed by atoms with Crippen LogP contribution in [0.2, 0.25) is 0 Å². The van der Waals surface area contributed by atoms with E-state index in [-0.39, 0.29) is 18.3 Å². The van der Waals surface area contributed by atoms with Gasteiger partial charge in [-0.05, 0) is 24.8 Å². The number of nitro benzene ring substituents is 1. The number of aliphatic hydroxyl groups excluding tert-OH is 1. The van der Waals surface area contributed by atoms with Crippen molar-refractivity contribution in [3.05, 3.63) is 52.3 Å². The van der Waals surface area contributed by atoms with E-state index in [2.05, 4.69) is 20.2 Å². The Kier molecular flexibility index (Phi) is 5.39. The molecule has 0 bridgehead atoms. The zero-order chi connectivity index (χ0) is 17.6. The van der Waals surface area contributed by atoms with E-state index in [1.807, 2.05) is 12.1 Å². The van der Waals surface area contributed by atoms with E-state index >= 15 is 0 Å². The number of hydrogen-bond donors (Lipinski definition) is 2. The van der Waals surface area contributed by atoms with E-state index in [1.54, 1.807) is 12.1 Å². The lowest BCUT2D eigenvalue weighted by atomic mass is 10.0. The lowest BCUT2D eigenvalue weighted by Gasteiger charge is -2.35. The molecule has 25 heavy (non-hydrogen) atoms. The first-order valence-corrected chi connectivity index (χ1v) is 8.34. The first-order chi connectivity index (χ1) is 12.2. The summed E-state index contributed by atoms with van der Waals surface area (Å²) in [6.07, 6.45) is 4.65. The normalized spacial score (nSPS) is 17.3. The average Bonchev–Trinajstić information content (AvgIpc) is 2.67. The number of nitrogens with one attached hydrogen (secondary N) is 1. The number of nitrogens with zero attached hydrogens (tertiary/aromatic N) is 4. The van der Waals surface area contributed by atoms with Crippen molar-refractivity contribution in [1.82, 2.24) is 9.97 Å². The highest BCUT2D eigenvalue weighted by atomic mass is 16.6. The molecule has 2 aromatic rings. The van der Waals surface area contributed by atoms with Gasteiger partial charge in [0, 0.05) is 31.3 Å². The molecule has 0 saturated carbocycles. The van der Waals surface area contributed by atoms with Gasteiger partial charge >= 0.3 is 0 Å². The average molecular weight is 343 g/mol. The lowest BCUT2D eigenvalue weighted by molar-refractivity contribution is -0.384. The Morgan fingerprint density at radius 3 is 3.00 bits per heavy atom. The molecule has 1 aliphatic heterocycles. The first-order valence-electron chi connectivity index (χ1n) is 8.34. The Hall–Kier alpha value is -2.74. The molecule has 1 unspecified atom stereocenters. The minimum Gasteiger partial charge on any atom is -0.394 e. The zero-order valence-electron chi connectivity index (χ0n) is 13.8. The van der Waals surface area contributed by atoms with Gasteiger partial charge in [-0.25, -0.2) is 9.97 Å². The summed E-state index contributed by atoms with van der Waals surface area (Å²) in [6, 6.07) is 8.45. The van der Waals surface area contributed by atoms with Crippen LogP contribution in [-0.2, 0) is 6.54 Å². The second-order valence-corrected chi connectivity index (χ2v) is 6.07. The third-order valence-electron chi connectivity index (χ3n) is 4.38. The van der Waals surface area contributed by atoms with Crippen molar-refractivity contribution >= 4 is 17.3 Å². The van der Waals surface area contributed by atoms with Crippen LogP contribution in [0.25, 0.3) is 0 Å². The van der Waals surface area contributed by atoms with Crippen LogP contribution < -0.4 is 10.2 Å². The fourth-order valence-corrected chi connectivity index (χ4v) is 3.07. The Bertz CT molecular complexity index is 740. The number of hydrogen-bond acceptors (Lipinski definition) is 7. The molecular formula is C17H21N5O3. The number of nitro groups is 1. The number of piperidine rings is 1. The number of anilines is 2. The van der Waals surface area contributed by atoms with Gasteiger partial charge in [-0.2, -0.15) is 0 Å². The summed E-state index contributed by atoms with van der Waals surface area (Å²) >= 11 is 0. The van der Waals surface area contributed by atoms with Crippen molar-refractivity contribution in [3.63, 3.8) is 0 Å². The number of rotatable bonds is 6. The van der Waals surface area contributed by atoms with Crippen LogP contribution in [0.3, 0.4) is 0 Å². The number of aromatic nitrogens is 2. The van der Waals surface area contributed by atoms with Crippen LogP contribution in [0.1, 0.15) is 24.8 Å². The molecule has 1 aliphatic rings. The molecule has 2 N–H and O–H groups in total. The predicted octanol–water partition coefficient (Wildman–Crippen LogP) is 2.35. The monoisotopic (exact) mass is 343 g/mol. The Morgan fingerprint density at radius 2 is 2.20 bits per heavy atom. The maximum Gasteiger partial charge on any atom is 0.269 e. The van der Waals surface area contributed by atoms with Crippen LogP contribution in [0, 0.1) is 10.1 Å². The maximum atomic E-state index is 10.8. The van der Waals surface area contributed by atoms with Crippen LogP contribution in [0.5, 0.6) is 0 Å². The number of non-ortho nitro benzene ring substituents is 1. The standard InChI is InChI=1S/C17H21N5O3/c23-11-15-5-1-2-7-21(15)17-9-16(19-12-20-17)18-10-13-4-3-6-14(8-13)22(24)25/h3-4,6,8-9,12,15,23H,1-2,5,7,10-11H2,(H,18,19,20). The predicted molar refractivity (Wildman–Crippen MR) is 94.5 cm³/mol. The third kappa shape index (κ3) is 4.21. The molecule has 0 aliphatic carbocycles. The quantitative estimate of drug-likeness (QED) is 0.613. The summed E-state index contributed by atoms with van der Waals surface area (Å²) in [7, 11) is 0. The molecule has 3 rings (SSSR count). The topological polar surface area (TPSA) is 104 Å². The SMILES string of the molecule is O=[N+]([O-])c1cccc(CNc2cc(N3CCCCC3CO)ncn2)c1. The smallest absolute Gasteiger partial charge is 0.269 e. The largest absolute Gasteiger partial charge is 0.394 e. The van der Waals surface area contributed by atoms with Gasteiger partial charge in [0.1, 0.15) is 18.0 Å². The van der Waals surface area contributed by atoms with Gasteiger partial charge in [0.05, 0.1) is 17.6 Å². The number of aliphatic hydroxyl groups is 1. The molecule has 2 heterocycles. The van der Waals surface area contributed by atoms with Gasteiger partial charge in [-0.15, -0.1) is 0 Å². The summed E-state index contributed by atoms with van der Waals surface area (Å²) < 4.78 is 0. The van der Waals surface area contributed by atoms with Crippen LogP contribution in [-0.4, -0.2) is 39.2 Å². The number of benzene rings is 1. The van der Waals surface area contributed by atoms with Crippen LogP contribution in [0.4, 0.5) is 17.3 Å². The molecule has 1 fully saturated rings. The van der Waals surface area contributed by atoms with Crippen LogP contribution in [0.15, 0.2) is 36.7 Å². The molecule has 132 valence electrons. The van der Waals surface area contributed by atoms with Crippen molar-refractivity contribution < 1.29 is 10.0 Å². The van der Waals surface area contributed by atoms with Crippen molar-refractivity contribution in [2.24, 2.45) is 0 Å². The van der Waals surface area contributed by atoms with Gasteiger partial charge in [0.25, 0.3) is 5.69 Å². The summed E-state index contributed by atoms with van der Waals surface area (Å²) in [5.41, 5.74) is 0.877. The van der Waals surface area contributed by atoms with E-state index in [4.69, 9.17) is 0 Å².